The number of methoxy groups -OCH3 is 1. The smallest absolute Gasteiger partial charge is 0.303 e. The van der Waals surface area contributed by atoms with Crippen molar-refractivity contribution in [2.45, 2.75) is 58.3 Å². The zero-order valence-corrected chi connectivity index (χ0v) is 13.7. The topological polar surface area (TPSA) is 46.5 Å². The van der Waals surface area contributed by atoms with Gasteiger partial charge in [-0.05, 0) is 59.8 Å². The van der Waals surface area contributed by atoms with E-state index in [1.54, 1.807) is 7.11 Å². The van der Waals surface area contributed by atoms with Gasteiger partial charge < -0.3 is 9.84 Å². The molecule has 0 heterocycles. The minimum absolute atomic E-state index is 0.0104. The molecule has 1 N–H and O–H groups in total. The molecular weight excluding hydrogens is 264 g/mol. The molecule has 1 saturated carbocycles. The number of benzene rings is 1. The molecule has 1 aliphatic rings. The van der Waals surface area contributed by atoms with E-state index < -0.39 is 5.97 Å². The molecule has 2 rings (SSSR count). The molecule has 116 valence electrons. The maximum Gasteiger partial charge on any atom is 0.303 e. The van der Waals surface area contributed by atoms with E-state index in [2.05, 4.69) is 39.8 Å². The van der Waals surface area contributed by atoms with Gasteiger partial charge in [0.15, 0.2) is 0 Å². The van der Waals surface area contributed by atoms with Crippen molar-refractivity contribution in [3.05, 3.63) is 28.8 Å². The third-order valence-electron chi connectivity index (χ3n) is 4.38. The van der Waals surface area contributed by atoms with Gasteiger partial charge in [-0.15, -0.1) is 0 Å². The van der Waals surface area contributed by atoms with Gasteiger partial charge in [0, 0.05) is 0 Å². The van der Waals surface area contributed by atoms with Gasteiger partial charge in [0.25, 0.3) is 0 Å². The van der Waals surface area contributed by atoms with Crippen LogP contribution in [0.25, 0.3) is 0 Å². The molecule has 1 fully saturated rings. The fraction of sp³-hybridized carbons (Fsp3) is 0.611. The first kappa shape index (κ1) is 15.9. The standard InChI is InChI=1S/C18H26O3/c1-11-8-15(18(2,3)4)16(21-5)9-13(11)14(10-17(19)20)12-6-7-12/h8-9,12,14H,6-7,10H2,1-5H3,(H,19,20). The monoisotopic (exact) mass is 290 g/mol. The van der Waals surface area contributed by atoms with Crippen molar-refractivity contribution in [2.24, 2.45) is 5.92 Å². The van der Waals surface area contributed by atoms with Gasteiger partial charge in [0.1, 0.15) is 5.75 Å². The number of carboxylic acid groups (broad SMARTS) is 1. The quantitative estimate of drug-likeness (QED) is 0.881. The lowest BCUT2D eigenvalue weighted by Crippen LogP contribution is -2.15. The minimum atomic E-state index is -0.717. The average molecular weight is 290 g/mol. The molecule has 1 unspecified atom stereocenters. The average Bonchev–Trinajstić information content (AvgIpc) is 3.19. The maximum atomic E-state index is 11.2. The molecule has 0 spiro atoms. The van der Waals surface area contributed by atoms with Gasteiger partial charge in [0.05, 0.1) is 13.5 Å². The van der Waals surface area contributed by atoms with Gasteiger partial charge in [-0.25, -0.2) is 0 Å². The number of aliphatic carboxylic acids is 1. The Kier molecular flexibility index (Phi) is 4.31. The van der Waals surface area contributed by atoms with E-state index in [1.807, 2.05) is 0 Å². The van der Waals surface area contributed by atoms with E-state index in [-0.39, 0.29) is 17.8 Å². The largest absolute Gasteiger partial charge is 0.496 e. The third-order valence-corrected chi connectivity index (χ3v) is 4.38. The lowest BCUT2D eigenvalue weighted by atomic mass is 9.81. The van der Waals surface area contributed by atoms with Crippen LogP contribution in [-0.2, 0) is 10.2 Å². The number of ether oxygens (including phenoxy) is 1. The molecule has 1 aromatic carbocycles. The van der Waals surface area contributed by atoms with Crippen LogP contribution in [0.1, 0.15) is 62.6 Å². The van der Waals surface area contributed by atoms with Crippen LogP contribution in [0.15, 0.2) is 12.1 Å². The first-order valence-electron chi connectivity index (χ1n) is 7.65. The van der Waals surface area contributed by atoms with Crippen molar-refractivity contribution in [1.82, 2.24) is 0 Å². The highest BCUT2D eigenvalue weighted by Crippen LogP contribution is 2.47. The van der Waals surface area contributed by atoms with E-state index in [4.69, 9.17) is 4.74 Å². The van der Waals surface area contributed by atoms with Gasteiger partial charge in [-0.1, -0.05) is 26.8 Å². The predicted octanol–water partition coefficient (Wildman–Crippen LogP) is 4.27. The van der Waals surface area contributed by atoms with E-state index in [0.717, 1.165) is 24.2 Å². The van der Waals surface area contributed by atoms with Crippen molar-refractivity contribution < 1.29 is 14.6 Å². The first-order chi connectivity index (χ1) is 9.74. The summed E-state index contributed by atoms with van der Waals surface area (Å²) in [5.41, 5.74) is 3.51. The number of hydrogen-bond donors (Lipinski definition) is 1. The summed E-state index contributed by atoms with van der Waals surface area (Å²) in [5, 5.41) is 9.19. The molecule has 1 aliphatic carbocycles. The Morgan fingerprint density at radius 2 is 2.00 bits per heavy atom. The molecule has 21 heavy (non-hydrogen) atoms. The summed E-state index contributed by atoms with van der Waals surface area (Å²) in [6.07, 6.45) is 2.49. The summed E-state index contributed by atoms with van der Waals surface area (Å²) in [4.78, 5) is 11.2. The fourth-order valence-electron chi connectivity index (χ4n) is 3.08. The summed E-state index contributed by atoms with van der Waals surface area (Å²) in [7, 11) is 1.69. The van der Waals surface area contributed by atoms with E-state index >= 15 is 0 Å². The summed E-state index contributed by atoms with van der Waals surface area (Å²) in [6.45, 7) is 8.58. The van der Waals surface area contributed by atoms with Crippen LogP contribution in [0.2, 0.25) is 0 Å². The molecule has 0 bridgehead atoms. The highest BCUT2D eigenvalue weighted by Gasteiger charge is 2.35. The zero-order valence-electron chi connectivity index (χ0n) is 13.7. The number of rotatable bonds is 5. The van der Waals surface area contributed by atoms with Crippen molar-refractivity contribution in [2.75, 3.05) is 7.11 Å². The van der Waals surface area contributed by atoms with Crippen LogP contribution in [0.5, 0.6) is 5.75 Å². The lowest BCUT2D eigenvalue weighted by Gasteiger charge is -2.26. The summed E-state index contributed by atoms with van der Waals surface area (Å²) in [6, 6.07) is 4.24. The second kappa shape index (κ2) is 5.70. The Balaban J connectivity index is 2.46. The second-order valence-electron chi connectivity index (χ2n) is 7.20. The van der Waals surface area contributed by atoms with Crippen LogP contribution in [-0.4, -0.2) is 18.2 Å². The molecule has 0 radical (unpaired) electrons. The van der Waals surface area contributed by atoms with Gasteiger partial charge >= 0.3 is 5.97 Å². The second-order valence-corrected chi connectivity index (χ2v) is 7.20. The van der Waals surface area contributed by atoms with Crippen LogP contribution in [0.3, 0.4) is 0 Å². The molecule has 0 aromatic heterocycles. The first-order valence-corrected chi connectivity index (χ1v) is 7.65. The molecular formula is C18H26O3. The molecule has 1 atom stereocenters. The van der Waals surface area contributed by atoms with E-state index in [0.29, 0.717) is 5.92 Å². The molecule has 3 nitrogen and oxygen atoms in total. The highest BCUT2D eigenvalue weighted by molar-refractivity contribution is 5.68. The van der Waals surface area contributed by atoms with Gasteiger partial charge in [-0.3, -0.25) is 4.79 Å². The van der Waals surface area contributed by atoms with E-state index in [1.165, 1.54) is 11.1 Å². The summed E-state index contributed by atoms with van der Waals surface area (Å²) >= 11 is 0. The number of aryl methyl sites for hydroxylation is 1. The summed E-state index contributed by atoms with van der Waals surface area (Å²) in [5.74, 6) is 0.791. The van der Waals surface area contributed by atoms with Crippen LogP contribution in [0.4, 0.5) is 0 Å². The normalized spacial score (nSPS) is 16.6. The number of carbonyl (C=O) groups is 1. The number of carboxylic acids is 1. The van der Waals surface area contributed by atoms with Crippen molar-refractivity contribution in [3.63, 3.8) is 0 Å². The Hall–Kier alpha value is -1.51. The Morgan fingerprint density at radius 1 is 1.38 bits per heavy atom. The van der Waals surface area contributed by atoms with Crippen LogP contribution < -0.4 is 4.74 Å². The molecule has 3 heteroatoms. The maximum absolute atomic E-state index is 11.2. The Labute approximate surface area is 127 Å². The predicted molar refractivity (Wildman–Crippen MR) is 84.1 cm³/mol. The van der Waals surface area contributed by atoms with Gasteiger partial charge in [0.2, 0.25) is 0 Å². The Bertz CT molecular complexity index is 536. The molecule has 0 saturated heterocycles. The van der Waals surface area contributed by atoms with Crippen molar-refractivity contribution in [3.8, 4) is 5.75 Å². The Morgan fingerprint density at radius 3 is 2.43 bits per heavy atom. The lowest BCUT2D eigenvalue weighted by molar-refractivity contribution is -0.137. The van der Waals surface area contributed by atoms with Gasteiger partial charge in [-0.2, -0.15) is 0 Å². The third kappa shape index (κ3) is 3.58. The van der Waals surface area contributed by atoms with Crippen LogP contribution in [0, 0.1) is 12.8 Å². The molecule has 0 amide bonds. The zero-order chi connectivity index (χ0) is 15.8. The molecule has 0 aliphatic heterocycles. The molecule has 1 aromatic rings. The highest BCUT2D eigenvalue weighted by atomic mass is 16.5. The number of hydrogen-bond acceptors (Lipinski definition) is 2. The minimum Gasteiger partial charge on any atom is -0.496 e. The fourth-order valence-corrected chi connectivity index (χ4v) is 3.08. The summed E-state index contributed by atoms with van der Waals surface area (Å²) < 4.78 is 5.58. The van der Waals surface area contributed by atoms with Crippen molar-refractivity contribution in [1.29, 1.82) is 0 Å². The van der Waals surface area contributed by atoms with Crippen LogP contribution >= 0.6 is 0 Å². The van der Waals surface area contributed by atoms with Crippen molar-refractivity contribution >= 4 is 5.97 Å². The van der Waals surface area contributed by atoms with E-state index in [9.17, 15) is 9.90 Å². The SMILES string of the molecule is COc1cc(C(CC(=O)O)C2CC2)c(C)cc1C(C)(C)C.